The monoisotopic (exact) mass is 284 g/mol. The molecule has 0 aliphatic rings. The van der Waals surface area contributed by atoms with Gasteiger partial charge in [0.15, 0.2) is 0 Å². The number of hydrogen-bond donors (Lipinski definition) is 1. The van der Waals surface area contributed by atoms with Gasteiger partial charge in [0.1, 0.15) is 0 Å². The normalized spacial score (nSPS) is 15.0. The maximum atomic E-state index is 3.80. The lowest BCUT2D eigenvalue weighted by atomic mass is 9.96. The zero-order valence-electron chi connectivity index (χ0n) is 15.0. The number of likely N-dealkylation sites (N-methyl/N-ethyl adjacent to an activating group) is 1. The second kappa shape index (κ2) is 12.6. The molecule has 0 fully saturated rings. The Hall–Kier alpha value is -0.0800. The maximum Gasteiger partial charge on any atom is 0.0246 e. The van der Waals surface area contributed by atoms with Crippen LogP contribution in [0.1, 0.15) is 80.1 Å². The molecule has 1 N–H and O–H groups in total. The average Bonchev–Trinajstić information content (AvgIpc) is 2.48. The van der Waals surface area contributed by atoms with Crippen molar-refractivity contribution >= 4 is 0 Å². The van der Waals surface area contributed by atoms with E-state index >= 15 is 0 Å². The predicted molar refractivity (Wildman–Crippen MR) is 92.4 cm³/mol. The van der Waals surface area contributed by atoms with Gasteiger partial charge in [-0.05, 0) is 38.3 Å². The van der Waals surface area contributed by atoms with Crippen LogP contribution in [-0.4, -0.2) is 36.6 Å². The largest absolute Gasteiger partial charge is 0.312 e. The summed E-state index contributed by atoms with van der Waals surface area (Å²) in [6, 6.07) is 1.37. The van der Waals surface area contributed by atoms with E-state index in [1.807, 2.05) is 0 Å². The van der Waals surface area contributed by atoms with Crippen LogP contribution in [-0.2, 0) is 0 Å². The van der Waals surface area contributed by atoms with E-state index in [-0.39, 0.29) is 0 Å². The van der Waals surface area contributed by atoms with Gasteiger partial charge in [0, 0.05) is 18.6 Å². The van der Waals surface area contributed by atoms with Crippen molar-refractivity contribution in [1.82, 2.24) is 10.2 Å². The van der Waals surface area contributed by atoms with Gasteiger partial charge in [-0.25, -0.2) is 0 Å². The van der Waals surface area contributed by atoms with Crippen molar-refractivity contribution in [1.29, 1.82) is 0 Å². The topological polar surface area (TPSA) is 15.3 Å². The fraction of sp³-hybridized carbons (Fsp3) is 1.00. The highest BCUT2D eigenvalue weighted by Crippen LogP contribution is 2.18. The van der Waals surface area contributed by atoms with E-state index in [4.69, 9.17) is 0 Å². The summed E-state index contributed by atoms with van der Waals surface area (Å²) < 4.78 is 0. The van der Waals surface area contributed by atoms with Crippen LogP contribution in [0, 0.1) is 5.92 Å². The van der Waals surface area contributed by atoms with Gasteiger partial charge in [-0.15, -0.1) is 0 Å². The minimum Gasteiger partial charge on any atom is -0.312 e. The molecule has 0 rings (SSSR count). The highest BCUT2D eigenvalue weighted by atomic mass is 15.2. The number of hydrogen-bond acceptors (Lipinski definition) is 2. The predicted octanol–water partition coefficient (Wildman–Crippen LogP) is 4.69. The van der Waals surface area contributed by atoms with Gasteiger partial charge in [-0.2, -0.15) is 0 Å². The lowest BCUT2D eigenvalue weighted by molar-refractivity contribution is 0.128. The molecule has 2 atom stereocenters. The van der Waals surface area contributed by atoms with E-state index in [0.29, 0.717) is 12.1 Å². The summed E-state index contributed by atoms with van der Waals surface area (Å²) in [4.78, 5) is 2.74. The summed E-state index contributed by atoms with van der Waals surface area (Å²) in [6.07, 6.45) is 7.69. The molecule has 2 unspecified atom stereocenters. The molecule has 2 nitrogen and oxygen atoms in total. The second-order valence-electron chi connectivity index (χ2n) is 6.09. The second-order valence-corrected chi connectivity index (χ2v) is 6.09. The average molecular weight is 285 g/mol. The van der Waals surface area contributed by atoms with Crippen LogP contribution in [0.3, 0.4) is 0 Å². The number of nitrogens with zero attached hydrogens (tertiary/aromatic N) is 1. The third-order valence-electron chi connectivity index (χ3n) is 4.66. The Morgan fingerprint density at radius 2 is 1.50 bits per heavy atom. The van der Waals surface area contributed by atoms with Gasteiger partial charge < -0.3 is 5.32 Å². The summed E-state index contributed by atoms with van der Waals surface area (Å²) in [5.74, 6) is 0.859. The Kier molecular flexibility index (Phi) is 12.6. The first-order chi connectivity index (χ1) is 9.68. The van der Waals surface area contributed by atoms with Gasteiger partial charge >= 0.3 is 0 Å². The Bertz CT molecular complexity index is 202. The third kappa shape index (κ3) is 7.08. The summed E-state index contributed by atoms with van der Waals surface area (Å²) in [6.45, 7) is 17.5. The van der Waals surface area contributed by atoms with Crippen LogP contribution in [0.4, 0.5) is 0 Å². The van der Waals surface area contributed by atoms with E-state index in [2.05, 4.69) is 51.8 Å². The molecule has 0 heterocycles. The molecule has 0 aliphatic heterocycles. The Morgan fingerprint density at radius 1 is 0.850 bits per heavy atom. The molecule has 0 amide bonds. The van der Waals surface area contributed by atoms with Crippen LogP contribution in [0.15, 0.2) is 0 Å². The molecule has 0 aromatic rings. The van der Waals surface area contributed by atoms with Crippen LogP contribution in [0.5, 0.6) is 0 Å². The number of rotatable bonds is 13. The lowest BCUT2D eigenvalue weighted by Crippen LogP contribution is -2.51. The van der Waals surface area contributed by atoms with Gasteiger partial charge in [-0.3, -0.25) is 4.90 Å². The van der Waals surface area contributed by atoms with E-state index in [1.165, 1.54) is 51.6 Å². The molecule has 0 aliphatic carbocycles. The Balaban J connectivity index is 4.74. The van der Waals surface area contributed by atoms with Crippen LogP contribution < -0.4 is 5.32 Å². The quantitative estimate of drug-likeness (QED) is 0.528. The highest BCUT2D eigenvalue weighted by molar-refractivity contribution is 4.84. The summed E-state index contributed by atoms with van der Waals surface area (Å²) in [5, 5.41) is 3.80. The van der Waals surface area contributed by atoms with Crippen molar-refractivity contribution in [2.75, 3.05) is 19.6 Å². The van der Waals surface area contributed by atoms with Crippen LogP contribution in [0.2, 0.25) is 0 Å². The Morgan fingerprint density at radius 3 is 1.90 bits per heavy atom. The molecule has 0 spiro atoms. The minimum atomic E-state index is 0.666. The van der Waals surface area contributed by atoms with Gasteiger partial charge in [-0.1, -0.05) is 60.8 Å². The lowest BCUT2D eigenvalue weighted by Gasteiger charge is -2.38. The van der Waals surface area contributed by atoms with Crippen LogP contribution >= 0.6 is 0 Å². The molecular formula is C18H40N2. The SMILES string of the molecule is CCCNC(CCC)C(CC)N(CC)CC(CC)CC. The summed E-state index contributed by atoms with van der Waals surface area (Å²) >= 11 is 0. The molecule has 122 valence electrons. The van der Waals surface area contributed by atoms with Crippen molar-refractivity contribution < 1.29 is 0 Å². The Labute approximate surface area is 128 Å². The van der Waals surface area contributed by atoms with Crippen molar-refractivity contribution in [3.8, 4) is 0 Å². The van der Waals surface area contributed by atoms with E-state index in [9.17, 15) is 0 Å². The fourth-order valence-corrected chi connectivity index (χ4v) is 3.25. The van der Waals surface area contributed by atoms with Gasteiger partial charge in [0.05, 0.1) is 0 Å². The number of nitrogens with one attached hydrogen (secondary N) is 1. The molecular weight excluding hydrogens is 244 g/mol. The summed E-state index contributed by atoms with van der Waals surface area (Å²) in [5.41, 5.74) is 0. The standard InChI is InChI=1S/C18H40N2/c1-7-13-17(19-14-8-2)18(11-5)20(12-6)15-16(9-3)10-4/h16-19H,7-15H2,1-6H3. The van der Waals surface area contributed by atoms with Crippen LogP contribution in [0.25, 0.3) is 0 Å². The summed E-state index contributed by atoms with van der Waals surface area (Å²) in [7, 11) is 0. The molecule has 20 heavy (non-hydrogen) atoms. The smallest absolute Gasteiger partial charge is 0.0246 e. The van der Waals surface area contributed by atoms with Gasteiger partial charge in [0.25, 0.3) is 0 Å². The highest BCUT2D eigenvalue weighted by Gasteiger charge is 2.25. The van der Waals surface area contributed by atoms with E-state index in [0.717, 1.165) is 12.5 Å². The fourth-order valence-electron chi connectivity index (χ4n) is 3.25. The van der Waals surface area contributed by atoms with Crippen molar-refractivity contribution in [3.63, 3.8) is 0 Å². The first kappa shape index (κ1) is 19.9. The van der Waals surface area contributed by atoms with E-state index in [1.54, 1.807) is 0 Å². The van der Waals surface area contributed by atoms with E-state index < -0.39 is 0 Å². The molecule has 0 radical (unpaired) electrons. The van der Waals surface area contributed by atoms with Gasteiger partial charge in [0.2, 0.25) is 0 Å². The van der Waals surface area contributed by atoms with Crippen molar-refractivity contribution in [2.24, 2.45) is 5.92 Å². The third-order valence-corrected chi connectivity index (χ3v) is 4.66. The van der Waals surface area contributed by atoms with Crippen molar-refractivity contribution in [3.05, 3.63) is 0 Å². The van der Waals surface area contributed by atoms with Crippen molar-refractivity contribution in [2.45, 2.75) is 92.2 Å². The zero-order chi connectivity index (χ0) is 15.4. The molecule has 0 saturated heterocycles. The molecule has 0 bridgehead atoms. The maximum absolute atomic E-state index is 3.80. The first-order valence-corrected chi connectivity index (χ1v) is 9.15. The zero-order valence-corrected chi connectivity index (χ0v) is 15.0. The minimum absolute atomic E-state index is 0.666. The molecule has 0 aromatic heterocycles. The molecule has 2 heteroatoms. The molecule has 0 saturated carbocycles. The molecule has 0 aromatic carbocycles. The first-order valence-electron chi connectivity index (χ1n) is 9.15.